The van der Waals surface area contributed by atoms with Crippen molar-refractivity contribution >= 4 is 83.6 Å². The van der Waals surface area contributed by atoms with Crippen molar-refractivity contribution in [2.45, 2.75) is 94.6 Å². The van der Waals surface area contributed by atoms with Crippen LogP contribution in [0.25, 0.3) is 0 Å². The van der Waals surface area contributed by atoms with Gasteiger partial charge in [0.2, 0.25) is 5.91 Å². The SMILES string of the molecule is CCC(=O)C(CCSSC(C)(C)CCC(=O)Nc1cc(COc2cc3c(cc2OC)C(=O)N2c4ccccc4C[C@H]2CN3)cc(COc2cc3c(cc2OC)C(=O)N2c4ccccc4C[C@H]2CN3C)c1)S(=O)(=O)OC. The molecule has 396 valence electrons. The minimum absolute atomic E-state index is 0.0312. The van der Waals surface area contributed by atoms with E-state index in [4.69, 9.17) is 18.9 Å². The fourth-order valence-electron chi connectivity index (χ4n) is 10.3. The van der Waals surface area contributed by atoms with Gasteiger partial charge in [-0.1, -0.05) is 64.9 Å². The van der Waals surface area contributed by atoms with E-state index in [1.165, 1.54) is 28.7 Å². The number of hydrogen-bond donors (Lipinski definition) is 2. The van der Waals surface area contributed by atoms with Gasteiger partial charge in [-0.25, -0.2) is 0 Å². The number of fused-ring (bicyclic) bond motifs is 8. The van der Waals surface area contributed by atoms with Gasteiger partial charge in [-0.05, 0) is 104 Å². The molecule has 3 atom stereocenters. The van der Waals surface area contributed by atoms with E-state index < -0.39 is 15.4 Å². The van der Waals surface area contributed by atoms with E-state index in [0.717, 1.165) is 53.7 Å². The average molecular weight is 1080 g/mol. The number of methoxy groups -OCH3 is 2. The molecular formula is C56H63N5O11S3. The summed E-state index contributed by atoms with van der Waals surface area (Å²) < 4.78 is 53.9. The van der Waals surface area contributed by atoms with Crippen LogP contribution >= 0.6 is 21.6 Å². The number of nitrogens with one attached hydrogen (secondary N) is 2. The molecule has 0 aliphatic carbocycles. The van der Waals surface area contributed by atoms with Crippen molar-refractivity contribution in [3.63, 3.8) is 0 Å². The number of Topliss-reactive ketones (excluding diaryl/α,β-unsaturated/α-hetero) is 1. The minimum Gasteiger partial charge on any atom is -0.493 e. The third kappa shape index (κ3) is 11.4. The summed E-state index contributed by atoms with van der Waals surface area (Å²) in [7, 11) is 5.12. The van der Waals surface area contributed by atoms with Gasteiger partial charge in [0.05, 0.1) is 55.9 Å². The molecule has 9 rings (SSSR count). The van der Waals surface area contributed by atoms with Gasteiger partial charge in [0.25, 0.3) is 21.9 Å². The highest BCUT2D eigenvalue weighted by molar-refractivity contribution is 8.77. The van der Waals surface area contributed by atoms with Crippen LogP contribution in [0.2, 0.25) is 0 Å². The number of ether oxygens (including phenoxy) is 4. The van der Waals surface area contributed by atoms with Gasteiger partial charge in [0, 0.05) is 72.7 Å². The number of likely N-dealkylation sites (N-methyl/N-ethyl adjacent to an activating group) is 1. The first-order valence-electron chi connectivity index (χ1n) is 25.0. The van der Waals surface area contributed by atoms with Crippen molar-refractivity contribution in [1.82, 2.24) is 0 Å². The summed E-state index contributed by atoms with van der Waals surface area (Å²) in [6.07, 6.45) is 2.41. The number of ketones is 1. The summed E-state index contributed by atoms with van der Waals surface area (Å²) in [5.74, 6) is 1.24. The Labute approximate surface area is 446 Å². The van der Waals surface area contributed by atoms with Crippen LogP contribution in [-0.2, 0) is 49.9 Å². The van der Waals surface area contributed by atoms with Gasteiger partial charge >= 0.3 is 0 Å². The van der Waals surface area contributed by atoms with Crippen molar-refractivity contribution in [2.75, 3.05) is 72.6 Å². The Hall–Kier alpha value is -6.41. The highest BCUT2D eigenvalue weighted by Crippen LogP contribution is 2.44. The van der Waals surface area contributed by atoms with Crippen LogP contribution in [0.3, 0.4) is 0 Å². The largest absolute Gasteiger partial charge is 0.493 e. The average Bonchev–Trinajstić information content (AvgIpc) is 3.90. The predicted octanol–water partition coefficient (Wildman–Crippen LogP) is 9.47. The fraction of sp³-hybridized carbons (Fsp3) is 0.393. The Morgan fingerprint density at radius 3 is 1.99 bits per heavy atom. The van der Waals surface area contributed by atoms with Crippen LogP contribution in [-0.4, -0.2) is 101 Å². The maximum absolute atomic E-state index is 14.3. The second kappa shape index (κ2) is 22.4. The standard InChI is InChI=1S/C56H63N5O11S3/c1-8-47(62)52(75(66,67)70-7)18-20-73-74-56(2,3)19-17-53(63)58-38-22-34(32-71-50-28-43-41(26-48(50)68-5)54(64)60-39(30-57-43)24-36-13-9-11-15-44(36)60)21-35(23-38)33-72-51-29-46-42(27-49(51)69-6)55(65)61-40(31-59(46)4)25-37-14-10-12-16-45(37)61/h9-16,21-23,26-29,39-40,52,57H,8,17-20,24-25,30-33H2,1-7H3,(H,58,63)/t39-,40-,52?/m0/s1. The Morgan fingerprint density at radius 2 is 1.36 bits per heavy atom. The number of hydrogen-bond acceptors (Lipinski definition) is 15. The quantitative estimate of drug-likeness (QED) is 0.0402. The summed E-state index contributed by atoms with van der Waals surface area (Å²) in [5, 5.41) is 5.36. The van der Waals surface area contributed by atoms with E-state index in [2.05, 4.69) is 31.8 Å². The third-order valence-electron chi connectivity index (χ3n) is 14.2. The smallest absolute Gasteiger partial charge is 0.277 e. The lowest BCUT2D eigenvalue weighted by molar-refractivity contribution is -0.118. The lowest BCUT2D eigenvalue weighted by Gasteiger charge is -2.25. The summed E-state index contributed by atoms with van der Waals surface area (Å²) in [5.41, 5.74) is 8.42. The molecule has 3 amide bonds. The van der Waals surface area contributed by atoms with E-state index in [1.54, 1.807) is 32.2 Å². The number of carbonyl (C=O) groups is 4. The van der Waals surface area contributed by atoms with Crippen LogP contribution in [0.1, 0.15) is 89.4 Å². The Kier molecular flexibility index (Phi) is 16.0. The zero-order valence-electron chi connectivity index (χ0n) is 43.2. The van der Waals surface area contributed by atoms with E-state index in [0.29, 0.717) is 76.3 Å². The molecule has 19 heteroatoms. The fourth-order valence-corrected chi connectivity index (χ4v) is 14.3. The molecule has 0 saturated heterocycles. The van der Waals surface area contributed by atoms with E-state index in [-0.39, 0.29) is 72.8 Å². The molecule has 0 spiro atoms. The van der Waals surface area contributed by atoms with Crippen molar-refractivity contribution in [3.05, 3.63) is 124 Å². The molecule has 0 fully saturated rings. The zero-order chi connectivity index (χ0) is 53.2. The van der Waals surface area contributed by atoms with Crippen LogP contribution < -0.4 is 44.3 Å². The van der Waals surface area contributed by atoms with E-state index >= 15 is 0 Å². The molecule has 5 aromatic carbocycles. The van der Waals surface area contributed by atoms with E-state index in [9.17, 15) is 27.6 Å². The first-order valence-corrected chi connectivity index (χ1v) is 28.8. The van der Waals surface area contributed by atoms with Gasteiger partial charge in [-0.15, -0.1) is 0 Å². The molecule has 2 N–H and O–H groups in total. The first kappa shape index (κ1) is 53.4. The molecule has 4 heterocycles. The number of carbonyl (C=O) groups excluding carboxylic acids is 4. The number of para-hydroxylation sites is 2. The normalized spacial score (nSPS) is 17.0. The van der Waals surface area contributed by atoms with Gasteiger partial charge in [-0.3, -0.25) is 23.4 Å². The zero-order valence-corrected chi connectivity index (χ0v) is 45.7. The monoisotopic (exact) mass is 1080 g/mol. The molecule has 0 saturated carbocycles. The molecule has 0 bridgehead atoms. The summed E-state index contributed by atoms with van der Waals surface area (Å²) >= 11 is 0. The third-order valence-corrected chi connectivity index (χ3v) is 19.2. The topological polar surface area (TPSA) is 182 Å². The second-order valence-electron chi connectivity index (χ2n) is 19.7. The molecule has 5 aromatic rings. The van der Waals surface area contributed by atoms with Crippen molar-refractivity contribution < 1.29 is 50.7 Å². The van der Waals surface area contributed by atoms with Gasteiger partial charge < -0.3 is 44.3 Å². The van der Waals surface area contributed by atoms with E-state index in [1.807, 2.05) is 91.4 Å². The number of nitrogens with zero attached hydrogens (tertiary/aromatic N) is 3. The molecular weight excluding hydrogens is 1010 g/mol. The summed E-state index contributed by atoms with van der Waals surface area (Å²) in [6, 6.07) is 28.7. The number of anilines is 5. The number of amides is 3. The van der Waals surface area contributed by atoms with Crippen molar-refractivity contribution in [3.8, 4) is 23.0 Å². The highest BCUT2D eigenvalue weighted by Gasteiger charge is 2.40. The van der Waals surface area contributed by atoms with Gasteiger partial charge in [0.15, 0.2) is 28.8 Å². The Morgan fingerprint density at radius 1 is 0.773 bits per heavy atom. The van der Waals surface area contributed by atoms with Crippen LogP contribution in [0, 0.1) is 0 Å². The van der Waals surface area contributed by atoms with Crippen molar-refractivity contribution in [2.24, 2.45) is 0 Å². The summed E-state index contributed by atoms with van der Waals surface area (Å²) in [6.45, 7) is 6.97. The lowest BCUT2D eigenvalue weighted by atomic mass is 10.1. The molecule has 0 radical (unpaired) electrons. The Bertz CT molecular complexity index is 3130. The molecule has 16 nitrogen and oxygen atoms in total. The van der Waals surface area contributed by atoms with Crippen LogP contribution in [0.5, 0.6) is 23.0 Å². The first-order chi connectivity index (χ1) is 36.0. The second-order valence-corrected chi connectivity index (χ2v) is 24.8. The molecule has 0 aromatic heterocycles. The maximum Gasteiger partial charge on any atom is 0.277 e. The highest BCUT2D eigenvalue weighted by atomic mass is 33.1. The summed E-state index contributed by atoms with van der Waals surface area (Å²) in [4.78, 5) is 60.5. The molecule has 1 unspecified atom stereocenters. The van der Waals surface area contributed by atoms with Crippen molar-refractivity contribution in [1.29, 1.82) is 0 Å². The molecule has 75 heavy (non-hydrogen) atoms. The van der Waals surface area contributed by atoms with Crippen LogP contribution in [0.4, 0.5) is 28.4 Å². The lowest BCUT2D eigenvalue weighted by Crippen LogP contribution is -2.41. The van der Waals surface area contributed by atoms with Gasteiger partial charge in [-0.2, -0.15) is 8.42 Å². The number of benzene rings is 5. The van der Waals surface area contributed by atoms with Crippen LogP contribution in [0.15, 0.2) is 91.0 Å². The predicted molar refractivity (Wildman–Crippen MR) is 296 cm³/mol. The van der Waals surface area contributed by atoms with Gasteiger partial charge in [0.1, 0.15) is 18.5 Å². The minimum atomic E-state index is -4.00. The Balaban J connectivity index is 0.931. The maximum atomic E-state index is 14.3. The molecule has 4 aliphatic heterocycles. The molecule has 4 aliphatic rings. The number of rotatable bonds is 21.